The highest BCUT2D eigenvalue weighted by molar-refractivity contribution is 5.97. The van der Waals surface area contributed by atoms with Crippen molar-refractivity contribution in [1.29, 1.82) is 0 Å². The van der Waals surface area contributed by atoms with Crippen LogP contribution >= 0.6 is 0 Å². The molecule has 1 aliphatic rings. The van der Waals surface area contributed by atoms with Gasteiger partial charge in [-0.1, -0.05) is 25.7 Å². The fraction of sp³-hybridized carbons (Fsp3) is 0.462. The Bertz CT molecular complexity index is 1080. The van der Waals surface area contributed by atoms with Crippen molar-refractivity contribution >= 4 is 11.9 Å². The first-order valence-corrected chi connectivity index (χ1v) is 11.8. The van der Waals surface area contributed by atoms with Gasteiger partial charge in [-0.05, 0) is 31.5 Å². The van der Waals surface area contributed by atoms with Crippen LogP contribution in [0.15, 0.2) is 36.8 Å². The zero-order valence-electron chi connectivity index (χ0n) is 20.7. The van der Waals surface area contributed by atoms with Crippen LogP contribution in [0, 0.1) is 17.8 Å². The van der Waals surface area contributed by atoms with Crippen LogP contribution in [-0.2, 0) is 0 Å². The number of fused-ring (bicyclic) bond motifs is 1. The van der Waals surface area contributed by atoms with Gasteiger partial charge in [0.25, 0.3) is 5.91 Å². The summed E-state index contributed by atoms with van der Waals surface area (Å²) in [5, 5.41) is 12.7. The quantitative estimate of drug-likeness (QED) is 0.615. The molecule has 186 valence electrons. The zero-order chi connectivity index (χ0) is 25.4. The minimum atomic E-state index is -0.408. The molecule has 3 rings (SSSR count). The molecule has 0 unspecified atom stereocenters. The molecule has 3 atom stereocenters. The molecule has 2 aromatic heterocycles. The fourth-order valence-electron chi connectivity index (χ4n) is 3.69. The van der Waals surface area contributed by atoms with E-state index in [2.05, 4.69) is 27.1 Å². The maximum Gasteiger partial charge on any atom is 0.317 e. The minimum Gasteiger partial charge on any atom is -0.472 e. The van der Waals surface area contributed by atoms with Gasteiger partial charge in [-0.25, -0.2) is 9.78 Å². The summed E-state index contributed by atoms with van der Waals surface area (Å²) in [5.41, 5.74) is 1.64. The second-order valence-corrected chi connectivity index (χ2v) is 8.80. The van der Waals surface area contributed by atoms with Gasteiger partial charge in [-0.2, -0.15) is 0 Å². The number of hydrogen-bond acceptors (Lipinski definition) is 6. The van der Waals surface area contributed by atoms with Gasteiger partial charge in [0.15, 0.2) is 0 Å². The zero-order valence-corrected chi connectivity index (χ0v) is 20.7. The Labute approximate surface area is 206 Å². The highest BCUT2D eigenvalue weighted by Gasteiger charge is 2.34. The van der Waals surface area contributed by atoms with Crippen LogP contribution in [0.25, 0.3) is 0 Å². The molecule has 3 amide bonds. The minimum absolute atomic E-state index is 0.115. The molecule has 2 N–H and O–H groups in total. The normalized spacial score (nSPS) is 18.2. The van der Waals surface area contributed by atoms with E-state index in [1.165, 1.54) is 0 Å². The van der Waals surface area contributed by atoms with Crippen molar-refractivity contribution in [1.82, 2.24) is 25.1 Å². The van der Waals surface area contributed by atoms with Gasteiger partial charge in [0, 0.05) is 55.8 Å². The molecule has 9 nitrogen and oxygen atoms in total. The van der Waals surface area contributed by atoms with Gasteiger partial charge in [0.2, 0.25) is 5.88 Å². The van der Waals surface area contributed by atoms with E-state index < -0.39 is 12.1 Å². The van der Waals surface area contributed by atoms with Crippen molar-refractivity contribution in [3.63, 3.8) is 0 Å². The third kappa shape index (κ3) is 6.70. The van der Waals surface area contributed by atoms with Crippen molar-refractivity contribution < 1.29 is 19.4 Å². The molecule has 0 saturated heterocycles. The summed E-state index contributed by atoms with van der Waals surface area (Å²) in [4.78, 5) is 37.5. The Balaban J connectivity index is 1.93. The Kier molecular flexibility index (Phi) is 9.04. The number of amides is 3. The van der Waals surface area contributed by atoms with Crippen LogP contribution in [0.1, 0.15) is 48.7 Å². The van der Waals surface area contributed by atoms with E-state index in [0.717, 1.165) is 12.0 Å². The lowest BCUT2D eigenvalue weighted by molar-refractivity contribution is 0.0352. The molecule has 35 heavy (non-hydrogen) atoms. The first-order valence-electron chi connectivity index (χ1n) is 11.8. The third-order valence-corrected chi connectivity index (χ3v) is 5.88. The molecule has 0 radical (unpaired) electrons. The van der Waals surface area contributed by atoms with Gasteiger partial charge in [0.1, 0.15) is 11.7 Å². The largest absolute Gasteiger partial charge is 0.472 e. The number of carbonyl (C=O) groups excluding carboxylic acids is 2. The smallest absolute Gasteiger partial charge is 0.317 e. The molecule has 0 aliphatic carbocycles. The van der Waals surface area contributed by atoms with Crippen LogP contribution < -0.4 is 10.1 Å². The van der Waals surface area contributed by atoms with Crippen molar-refractivity contribution in [2.24, 2.45) is 5.92 Å². The van der Waals surface area contributed by atoms with Crippen LogP contribution in [0.4, 0.5) is 4.79 Å². The predicted molar refractivity (Wildman–Crippen MR) is 132 cm³/mol. The molecule has 3 heterocycles. The molecular formula is C26H33N5O4. The van der Waals surface area contributed by atoms with E-state index >= 15 is 0 Å². The Hall–Kier alpha value is -3.64. The SMILES string of the molecule is CCCNC(=O)N(C)C[C@@H]1Oc2ncc(C#Cc3ccncc3)cc2C(=O)N([C@H](C)CO)C[C@@H]1C. The lowest BCUT2D eigenvalue weighted by Gasteiger charge is -2.37. The van der Waals surface area contributed by atoms with E-state index in [1.807, 2.05) is 13.8 Å². The second-order valence-electron chi connectivity index (χ2n) is 8.80. The monoisotopic (exact) mass is 479 g/mol. The van der Waals surface area contributed by atoms with Crippen molar-refractivity contribution in [3.8, 4) is 17.7 Å². The number of nitrogens with zero attached hydrogens (tertiary/aromatic N) is 4. The first kappa shape index (κ1) is 26.0. The summed E-state index contributed by atoms with van der Waals surface area (Å²) in [7, 11) is 1.71. The number of urea groups is 1. The van der Waals surface area contributed by atoms with Crippen molar-refractivity contribution in [2.75, 3.05) is 33.3 Å². The third-order valence-electron chi connectivity index (χ3n) is 5.88. The molecular weight excluding hydrogens is 446 g/mol. The van der Waals surface area contributed by atoms with Gasteiger partial charge in [-0.15, -0.1) is 0 Å². The highest BCUT2D eigenvalue weighted by atomic mass is 16.5. The van der Waals surface area contributed by atoms with Crippen LogP contribution in [0.2, 0.25) is 0 Å². The van der Waals surface area contributed by atoms with Crippen molar-refractivity contribution in [2.45, 2.75) is 39.3 Å². The molecule has 0 bridgehead atoms. The maximum absolute atomic E-state index is 13.5. The first-order chi connectivity index (χ1) is 16.8. The van der Waals surface area contributed by atoms with Gasteiger partial charge in [-0.3, -0.25) is 9.78 Å². The standard InChI is InChI=1S/C26H33N5O4/c1-5-10-28-26(34)30(4)16-23-18(2)15-31(19(3)17-32)25(33)22-13-21(14-29-24(22)35-23)7-6-20-8-11-27-12-9-20/h8-9,11-14,18-19,23,32H,5,10,15-17H2,1-4H3,(H,28,34)/t18-,19+,23-/m0/s1. The van der Waals surface area contributed by atoms with Gasteiger partial charge in [0.05, 0.1) is 19.2 Å². The summed E-state index contributed by atoms with van der Waals surface area (Å²) in [5.74, 6) is 5.88. The number of nitrogens with one attached hydrogen (secondary N) is 1. The highest BCUT2D eigenvalue weighted by Crippen LogP contribution is 2.27. The van der Waals surface area contributed by atoms with E-state index in [9.17, 15) is 14.7 Å². The number of aliphatic hydroxyl groups is 1. The summed E-state index contributed by atoms with van der Waals surface area (Å²) in [6.07, 6.45) is 5.33. The van der Waals surface area contributed by atoms with Gasteiger partial charge >= 0.3 is 6.03 Å². The van der Waals surface area contributed by atoms with Gasteiger partial charge < -0.3 is 25.0 Å². The topological polar surface area (TPSA) is 108 Å². The summed E-state index contributed by atoms with van der Waals surface area (Å²) >= 11 is 0. The summed E-state index contributed by atoms with van der Waals surface area (Å²) < 4.78 is 6.23. The molecule has 0 spiro atoms. The number of carbonyl (C=O) groups is 2. The number of likely N-dealkylation sites (N-methyl/N-ethyl adjacent to an activating group) is 1. The number of aromatic nitrogens is 2. The van der Waals surface area contributed by atoms with Crippen LogP contribution in [-0.4, -0.2) is 82.2 Å². The number of pyridine rings is 2. The second kappa shape index (κ2) is 12.2. The Morgan fingerprint density at radius 1 is 1.34 bits per heavy atom. The van der Waals surface area contributed by atoms with Crippen LogP contribution in [0.3, 0.4) is 0 Å². The summed E-state index contributed by atoms with van der Waals surface area (Å²) in [6, 6.07) is 4.68. The molecule has 2 aromatic rings. The van der Waals surface area contributed by atoms with E-state index in [0.29, 0.717) is 25.2 Å². The lowest BCUT2D eigenvalue weighted by atomic mass is 10.00. The number of hydrogen-bond donors (Lipinski definition) is 2. The average Bonchev–Trinajstić information content (AvgIpc) is 2.88. The van der Waals surface area contributed by atoms with Crippen molar-refractivity contribution in [3.05, 3.63) is 53.5 Å². The number of ether oxygens (including phenoxy) is 1. The van der Waals surface area contributed by atoms with E-state index in [-0.39, 0.29) is 35.9 Å². The average molecular weight is 480 g/mol. The molecule has 9 heteroatoms. The lowest BCUT2D eigenvalue weighted by Crippen LogP contribution is -2.51. The summed E-state index contributed by atoms with van der Waals surface area (Å²) in [6.45, 7) is 6.85. The molecule has 0 fully saturated rings. The molecule has 0 saturated carbocycles. The Morgan fingerprint density at radius 3 is 2.74 bits per heavy atom. The fourth-order valence-corrected chi connectivity index (χ4v) is 3.69. The maximum atomic E-state index is 13.5. The predicted octanol–water partition coefficient (Wildman–Crippen LogP) is 2.15. The molecule has 0 aromatic carbocycles. The van der Waals surface area contributed by atoms with E-state index in [4.69, 9.17) is 4.74 Å². The Morgan fingerprint density at radius 2 is 2.06 bits per heavy atom. The van der Waals surface area contributed by atoms with E-state index in [1.54, 1.807) is 60.6 Å². The number of rotatable bonds is 6. The number of aliphatic hydroxyl groups excluding tert-OH is 1. The molecule has 1 aliphatic heterocycles. The van der Waals surface area contributed by atoms with Crippen LogP contribution in [0.5, 0.6) is 5.88 Å².